The van der Waals surface area contributed by atoms with Crippen molar-refractivity contribution in [1.29, 1.82) is 0 Å². The van der Waals surface area contributed by atoms with Crippen LogP contribution in [0.1, 0.15) is 19.3 Å². The van der Waals surface area contributed by atoms with Crippen LogP contribution in [0.4, 0.5) is 10.1 Å². The topological polar surface area (TPSA) is 125 Å². The predicted molar refractivity (Wildman–Crippen MR) is 141 cm³/mol. The van der Waals surface area contributed by atoms with Gasteiger partial charge in [-0.2, -0.15) is 5.10 Å². The third-order valence-electron chi connectivity index (χ3n) is 6.99. The first-order chi connectivity index (χ1) is 18.7. The highest BCUT2D eigenvalue weighted by molar-refractivity contribution is 5.98. The van der Waals surface area contributed by atoms with Crippen LogP contribution in [0.15, 0.2) is 67.3 Å². The molecule has 5 heterocycles. The number of fused-ring (bicyclic) bond motifs is 2. The Balaban J connectivity index is 1.30. The molecule has 186 valence electrons. The van der Waals surface area contributed by atoms with E-state index in [1.165, 1.54) is 0 Å². The van der Waals surface area contributed by atoms with E-state index in [-0.39, 0.29) is 11.8 Å². The Morgan fingerprint density at radius 1 is 1.00 bits per heavy atom. The van der Waals surface area contributed by atoms with Gasteiger partial charge in [-0.05, 0) is 49.2 Å². The first-order valence-electron chi connectivity index (χ1n) is 12.3. The number of nitrogens with zero attached hydrogens (tertiary/aromatic N) is 5. The molecule has 9 nitrogen and oxygen atoms in total. The lowest BCUT2D eigenvalue weighted by Crippen LogP contribution is -2.28. The van der Waals surface area contributed by atoms with Gasteiger partial charge in [-0.15, -0.1) is 0 Å². The van der Waals surface area contributed by atoms with Crippen LogP contribution >= 0.6 is 0 Å². The molecule has 0 radical (unpaired) electrons. The van der Waals surface area contributed by atoms with Crippen molar-refractivity contribution in [2.45, 2.75) is 19.3 Å². The molecule has 1 aromatic carbocycles. The summed E-state index contributed by atoms with van der Waals surface area (Å²) in [6.07, 6.45) is 9.39. The minimum atomic E-state index is -0.459. The van der Waals surface area contributed by atoms with Crippen molar-refractivity contribution in [1.82, 2.24) is 35.1 Å². The van der Waals surface area contributed by atoms with E-state index in [2.05, 4.69) is 35.5 Å². The van der Waals surface area contributed by atoms with Crippen molar-refractivity contribution in [3.63, 3.8) is 0 Å². The molecule has 10 heteroatoms. The lowest BCUT2D eigenvalue weighted by atomic mass is 9.85. The van der Waals surface area contributed by atoms with Crippen LogP contribution in [-0.4, -0.2) is 41.0 Å². The van der Waals surface area contributed by atoms with E-state index in [1.54, 1.807) is 43.0 Å². The third-order valence-corrected chi connectivity index (χ3v) is 6.99. The third kappa shape index (κ3) is 3.69. The zero-order valence-corrected chi connectivity index (χ0v) is 20.1. The largest absolute Gasteiger partial charge is 0.336 e. The van der Waals surface area contributed by atoms with Crippen molar-refractivity contribution in [2.24, 2.45) is 5.92 Å². The zero-order chi connectivity index (χ0) is 25.6. The lowest BCUT2D eigenvalue weighted by molar-refractivity contribution is -0.122. The Kier molecular flexibility index (Phi) is 5.17. The number of carbonyl (C=O) groups excluding carboxylic acids is 1. The molecule has 0 bridgehead atoms. The number of H-pyrrole nitrogens is 2. The summed E-state index contributed by atoms with van der Waals surface area (Å²) in [6, 6.07) is 12.6. The van der Waals surface area contributed by atoms with E-state index < -0.39 is 5.82 Å². The molecule has 1 saturated carbocycles. The van der Waals surface area contributed by atoms with Gasteiger partial charge in [0, 0.05) is 35.6 Å². The highest BCUT2D eigenvalue weighted by atomic mass is 19.1. The maximum atomic E-state index is 16.1. The van der Waals surface area contributed by atoms with Gasteiger partial charge in [0.2, 0.25) is 5.91 Å². The van der Waals surface area contributed by atoms with Crippen LogP contribution in [0.25, 0.3) is 56.0 Å². The van der Waals surface area contributed by atoms with Gasteiger partial charge in [0.15, 0.2) is 5.82 Å². The summed E-state index contributed by atoms with van der Waals surface area (Å²) in [5.74, 6) is -0.0312. The van der Waals surface area contributed by atoms with Crippen LogP contribution in [0, 0.1) is 11.7 Å². The summed E-state index contributed by atoms with van der Waals surface area (Å²) in [4.78, 5) is 33.5. The number of anilines is 1. The summed E-state index contributed by atoms with van der Waals surface area (Å²) < 4.78 is 16.1. The Hall–Kier alpha value is -4.99. The second-order valence-electron chi connectivity index (χ2n) is 9.36. The number of carbonyl (C=O) groups is 1. The Morgan fingerprint density at radius 2 is 1.92 bits per heavy atom. The van der Waals surface area contributed by atoms with Crippen molar-refractivity contribution in [2.75, 3.05) is 5.32 Å². The van der Waals surface area contributed by atoms with Crippen LogP contribution in [-0.2, 0) is 4.79 Å². The van der Waals surface area contributed by atoms with Gasteiger partial charge >= 0.3 is 0 Å². The summed E-state index contributed by atoms with van der Waals surface area (Å²) in [7, 11) is 0. The molecule has 1 fully saturated rings. The SMILES string of the molecule is O=C(Nc1cncc(-c2ccc3[nH]nc(-c4nc5c(-c6ccccn6)nccc5[nH]4)c3c2F)c1)C1CCC1. The average Bonchev–Trinajstić information content (AvgIpc) is 3.53. The van der Waals surface area contributed by atoms with Crippen molar-refractivity contribution < 1.29 is 9.18 Å². The van der Waals surface area contributed by atoms with E-state index in [4.69, 9.17) is 4.98 Å². The van der Waals surface area contributed by atoms with Gasteiger partial charge in [-0.25, -0.2) is 9.37 Å². The molecule has 6 aromatic rings. The molecule has 0 spiro atoms. The van der Waals surface area contributed by atoms with Crippen LogP contribution < -0.4 is 5.32 Å². The zero-order valence-electron chi connectivity index (χ0n) is 20.1. The predicted octanol–water partition coefficient (Wildman–Crippen LogP) is 5.50. The lowest BCUT2D eigenvalue weighted by Gasteiger charge is -2.24. The first kappa shape index (κ1) is 22.2. The van der Waals surface area contributed by atoms with Crippen molar-refractivity contribution in [3.8, 4) is 34.0 Å². The molecule has 7 rings (SSSR count). The number of nitrogens with one attached hydrogen (secondary N) is 3. The van der Waals surface area contributed by atoms with Crippen LogP contribution in [0.5, 0.6) is 0 Å². The number of halogens is 1. The molecule has 1 amide bonds. The number of aromatic amines is 2. The molecule has 3 N–H and O–H groups in total. The van der Waals surface area contributed by atoms with E-state index in [1.807, 2.05) is 24.3 Å². The molecule has 0 aliphatic heterocycles. The number of aromatic nitrogens is 7. The summed E-state index contributed by atoms with van der Waals surface area (Å²) in [6.45, 7) is 0. The number of hydrogen-bond acceptors (Lipinski definition) is 6. The number of hydrogen-bond donors (Lipinski definition) is 3. The number of imidazole rings is 1. The molecular weight excluding hydrogens is 483 g/mol. The highest BCUT2D eigenvalue weighted by Crippen LogP contribution is 2.35. The first-order valence-corrected chi connectivity index (χ1v) is 12.3. The average molecular weight is 505 g/mol. The fourth-order valence-electron chi connectivity index (χ4n) is 4.78. The van der Waals surface area contributed by atoms with Crippen molar-refractivity contribution >= 4 is 33.5 Å². The van der Waals surface area contributed by atoms with Crippen LogP contribution in [0.3, 0.4) is 0 Å². The maximum Gasteiger partial charge on any atom is 0.227 e. The molecule has 1 aliphatic rings. The summed E-state index contributed by atoms with van der Waals surface area (Å²) in [5, 5.41) is 10.5. The molecule has 0 unspecified atom stereocenters. The second-order valence-corrected chi connectivity index (χ2v) is 9.36. The number of benzene rings is 1. The monoisotopic (exact) mass is 504 g/mol. The number of rotatable bonds is 5. The van der Waals surface area contributed by atoms with Crippen molar-refractivity contribution in [3.05, 3.63) is 73.1 Å². The standard InChI is InChI=1S/C28H21FN8O/c29-23-18(16-12-17(14-30-13-16)33-28(38)15-4-3-5-15)7-8-19-22(23)26(37-36-19)27-34-21-9-11-32-24(25(21)35-27)20-6-1-2-10-31-20/h1-2,6-15H,3-5H2,(H,33,38)(H,34,35)(H,36,37). The minimum absolute atomic E-state index is 0.0207. The fourth-order valence-corrected chi connectivity index (χ4v) is 4.78. The van der Waals surface area contributed by atoms with E-state index in [0.717, 1.165) is 24.8 Å². The molecule has 5 aromatic heterocycles. The second kappa shape index (κ2) is 8.84. The number of amides is 1. The molecule has 0 atom stereocenters. The van der Waals surface area contributed by atoms with Gasteiger partial charge in [-0.1, -0.05) is 12.5 Å². The Morgan fingerprint density at radius 3 is 2.74 bits per heavy atom. The Bertz CT molecular complexity index is 1820. The molecular formula is C28H21FN8O. The number of pyridine rings is 3. The molecule has 1 aliphatic carbocycles. The van der Waals surface area contributed by atoms with Gasteiger partial charge < -0.3 is 10.3 Å². The van der Waals surface area contributed by atoms with Gasteiger partial charge in [-0.3, -0.25) is 24.8 Å². The maximum absolute atomic E-state index is 16.1. The quantitative estimate of drug-likeness (QED) is 0.285. The fraction of sp³-hybridized carbons (Fsp3) is 0.143. The van der Waals surface area contributed by atoms with Gasteiger partial charge in [0.05, 0.1) is 34.0 Å². The summed E-state index contributed by atoms with van der Waals surface area (Å²) >= 11 is 0. The van der Waals surface area contributed by atoms with Gasteiger partial charge in [0.25, 0.3) is 0 Å². The van der Waals surface area contributed by atoms with Crippen LogP contribution in [0.2, 0.25) is 0 Å². The van der Waals surface area contributed by atoms with E-state index in [0.29, 0.717) is 56.1 Å². The minimum Gasteiger partial charge on any atom is -0.336 e. The summed E-state index contributed by atoms with van der Waals surface area (Å²) in [5.41, 5.74) is 4.99. The molecule has 38 heavy (non-hydrogen) atoms. The molecule has 0 saturated heterocycles. The van der Waals surface area contributed by atoms with E-state index in [9.17, 15) is 4.79 Å². The Labute approximate surface area is 215 Å². The highest BCUT2D eigenvalue weighted by Gasteiger charge is 2.25. The van der Waals surface area contributed by atoms with E-state index >= 15 is 4.39 Å². The smallest absolute Gasteiger partial charge is 0.227 e. The normalized spacial score (nSPS) is 13.6. The van der Waals surface area contributed by atoms with Gasteiger partial charge in [0.1, 0.15) is 22.7 Å².